The summed E-state index contributed by atoms with van der Waals surface area (Å²) in [6, 6.07) is 3.49. The highest BCUT2D eigenvalue weighted by atomic mass is 16.3. The van der Waals surface area contributed by atoms with Crippen LogP contribution in [-0.2, 0) is 14.4 Å². The lowest BCUT2D eigenvalue weighted by atomic mass is 9.94. The summed E-state index contributed by atoms with van der Waals surface area (Å²) < 4.78 is 5.10. The van der Waals surface area contributed by atoms with Crippen molar-refractivity contribution in [2.75, 3.05) is 32.7 Å². The molecular formula is C19H27N3O4. The predicted octanol–water partition coefficient (Wildman–Crippen LogP) is 1.52. The van der Waals surface area contributed by atoms with Crippen LogP contribution in [0.3, 0.4) is 0 Å². The Bertz CT molecular complexity index is 651. The number of piperazine rings is 1. The third kappa shape index (κ3) is 5.75. The van der Waals surface area contributed by atoms with E-state index in [1.165, 1.54) is 12.3 Å². The van der Waals surface area contributed by atoms with Crippen molar-refractivity contribution >= 4 is 23.8 Å². The van der Waals surface area contributed by atoms with Gasteiger partial charge in [-0.1, -0.05) is 20.8 Å². The summed E-state index contributed by atoms with van der Waals surface area (Å²) in [5.41, 5.74) is -0.403. The van der Waals surface area contributed by atoms with E-state index in [1.54, 1.807) is 23.1 Å². The zero-order valence-corrected chi connectivity index (χ0v) is 15.7. The summed E-state index contributed by atoms with van der Waals surface area (Å²) in [6.07, 6.45) is 4.72. The van der Waals surface area contributed by atoms with E-state index in [9.17, 15) is 14.4 Å². The Morgan fingerprint density at radius 3 is 2.38 bits per heavy atom. The number of nitrogens with one attached hydrogen (secondary N) is 1. The quantitative estimate of drug-likeness (QED) is 0.806. The van der Waals surface area contributed by atoms with Gasteiger partial charge in [-0.15, -0.1) is 0 Å². The minimum absolute atomic E-state index is 0.0110. The van der Waals surface area contributed by atoms with Gasteiger partial charge in [0, 0.05) is 50.6 Å². The van der Waals surface area contributed by atoms with E-state index in [4.69, 9.17) is 4.42 Å². The Kier molecular flexibility index (Phi) is 6.60. The largest absolute Gasteiger partial charge is 0.465 e. The fourth-order valence-electron chi connectivity index (χ4n) is 2.69. The standard InChI is InChI=1S/C19H27N3O4/c1-19(2,3)18(25)22-12-10-21(11-13-22)17(24)8-9-20-16(23)7-6-15-5-4-14-26-15/h4-7,14H,8-13H2,1-3H3,(H,20,23)/b7-6+. The normalized spacial score (nSPS) is 15.3. The summed E-state index contributed by atoms with van der Waals surface area (Å²) in [4.78, 5) is 39.7. The zero-order valence-electron chi connectivity index (χ0n) is 15.7. The molecule has 2 heterocycles. The van der Waals surface area contributed by atoms with Crippen LogP contribution in [0.4, 0.5) is 0 Å². The molecule has 3 amide bonds. The van der Waals surface area contributed by atoms with Gasteiger partial charge in [-0.3, -0.25) is 14.4 Å². The number of nitrogens with zero attached hydrogens (tertiary/aromatic N) is 2. The number of rotatable bonds is 5. The first-order valence-electron chi connectivity index (χ1n) is 8.84. The average molecular weight is 361 g/mol. The molecule has 0 aliphatic carbocycles. The minimum Gasteiger partial charge on any atom is -0.465 e. The number of carbonyl (C=O) groups is 3. The molecule has 1 aromatic rings. The lowest BCUT2D eigenvalue weighted by Gasteiger charge is -2.37. The topological polar surface area (TPSA) is 82.9 Å². The SMILES string of the molecule is CC(C)(C)C(=O)N1CCN(C(=O)CCNC(=O)/C=C/c2ccco2)CC1. The van der Waals surface area contributed by atoms with Crippen molar-refractivity contribution in [2.45, 2.75) is 27.2 Å². The van der Waals surface area contributed by atoms with Crippen LogP contribution in [0.25, 0.3) is 6.08 Å². The second-order valence-corrected chi connectivity index (χ2v) is 7.31. The lowest BCUT2D eigenvalue weighted by molar-refractivity contribution is -0.144. The van der Waals surface area contributed by atoms with Crippen molar-refractivity contribution in [3.63, 3.8) is 0 Å². The molecule has 26 heavy (non-hydrogen) atoms. The number of furan rings is 1. The van der Waals surface area contributed by atoms with Crippen LogP contribution >= 0.6 is 0 Å². The van der Waals surface area contributed by atoms with Crippen molar-refractivity contribution in [1.82, 2.24) is 15.1 Å². The van der Waals surface area contributed by atoms with E-state index in [1.807, 2.05) is 25.7 Å². The molecule has 0 aromatic carbocycles. The molecule has 0 radical (unpaired) electrons. The molecule has 0 spiro atoms. The molecule has 1 aliphatic heterocycles. The molecule has 142 valence electrons. The fraction of sp³-hybridized carbons (Fsp3) is 0.526. The van der Waals surface area contributed by atoms with Gasteiger partial charge in [-0.25, -0.2) is 0 Å². The Balaban J connectivity index is 1.68. The molecule has 7 heteroatoms. The highest BCUT2D eigenvalue weighted by molar-refractivity contribution is 5.91. The monoisotopic (exact) mass is 361 g/mol. The smallest absolute Gasteiger partial charge is 0.244 e. The van der Waals surface area contributed by atoms with E-state index < -0.39 is 5.41 Å². The van der Waals surface area contributed by atoms with Gasteiger partial charge in [0.1, 0.15) is 5.76 Å². The predicted molar refractivity (Wildman–Crippen MR) is 98.0 cm³/mol. The fourth-order valence-corrected chi connectivity index (χ4v) is 2.69. The maximum atomic E-state index is 12.3. The Hall–Kier alpha value is -2.57. The molecule has 1 N–H and O–H groups in total. The maximum absolute atomic E-state index is 12.3. The first-order chi connectivity index (χ1) is 12.3. The van der Waals surface area contributed by atoms with E-state index in [0.717, 1.165) is 0 Å². The van der Waals surface area contributed by atoms with Crippen LogP contribution in [-0.4, -0.2) is 60.2 Å². The Morgan fingerprint density at radius 2 is 1.81 bits per heavy atom. The van der Waals surface area contributed by atoms with Crippen molar-refractivity contribution < 1.29 is 18.8 Å². The van der Waals surface area contributed by atoms with Crippen molar-refractivity contribution in [1.29, 1.82) is 0 Å². The number of hydrogen-bond acceptors (Lipinski definition) is 4. The average Bonchev–Trinajstić information content (AvgIpc) is 3.12. The maximum Gasteiger partial charge on any atom is 0.244 e. The van der Waals surface area contributed by atoms with Gasteiger partial charge in [0.2, 0.25) is 17.7 Å². The van der Waals surface area contributed by atoms with Gasteiger partial charge in [-0.2, -0.15) is 0 Å². The molecule has 7 nitrogen and oxygen atoms in total. The highest BCUT2D eigenvalue weighted by Gasteiger charge is 2.30. The summed E-state index contributed by atoms with van der Waals surface area (Å²) in [5.74, 6) is 0.428. The lowest BCUT2D eigenvalue weighted by Crippen LogP contribution is -2.53. The first kappa shape index (κ1) is 19.8. The second kappa shape index (κ2) is 8.69. The minimum atomic E-state index is -0.403. The van der Waals surface area contributed by atoms with Crippen molar-refractivity contribution in [3.8, 4) is 0 Å². The van der Waals surface area contributed by atoms with Gasteiger partial charge in [-0.05, 0) is 18.2 Å². The second-order valence-electron chi connectivity index (χ2n) is 7.31. The highest BCUT2D eigenvalue weighted by Crippen LogP contribution is 2.18. The third-order valence-electron chi connectivity index (χ3n) is 4.14. The molecule has 1 aliphatic rings. The number of amides is 3. The zero-order chi connectivity index (χ0) is 19.2. The van der Waals surface area contributed by atoms with Crippen LogP contribution in [0.5, 0.6) is 0 Å². The molecule has 0 bridgehead atoms. The van der Waals surface area contributed by atoms with Crippen molar-refractivity contribution in [2.24, 2.45) is 5.41 Å². The van der Waals surface area contributed by atoms with Crippen LogP contribution in [0, 0.1) is 5.41 Å². The summed E-state index contributed by atoms with van der Waals surface area (Å²) in [5, 5.41) is 2.68. The number of hydrogen-bond donors (Lipinski definition) is 1. The van der Waals surface area contributed by atoms with E-state index in [0.29, 0.717) is 31.9 Å². The van der Waals surface area contributed by atoms with Crippen LogP contribution < -0.4 is 5.32 Å². The summed E-state index contributed by atoms with van der Waals surface area (Å²) >= 11 is 0. The molecule has 0 saturated carbocycles. The van der Waals surface area contributed by atoms with E-state index >= 15 is 0 Å². The van der Waals surface area contributed by atoms with Crippen LogP contribution in [0.15, 0.2) is 28.9 Å². The summed E-state index contributed by atoms with van der Waals surface area (Å²) in [6.45, 7) is 8.16. The van der Waals surface area contributed by atoms with Gasteiger partial charge in [0.15, 0.2) is 0 Å². The summed E-state index contributed by atoms with van der Waals surface area (Å²) in [7, 11) is 0. The number of carbonyl (C=O) groups excluding carboxylic acids is 3. The van der Waals surface area contributed by atoms with Gasteiger partial charge >= 0.3 is 0 Å². The molecule has 1 fully saturated rings. The first-order valence-corrected chi connectivity index (χ1v) is 8.84. The molecule has 1 aromatic heterocycles. The van der Waals surface area contributed by atoms with E-state index in [2.05, 4.69) is 5.32 Å². The van der Waals surface area contributed by atoms with Crippen LogP contribution in [0.1, 0.15) is 33.0 Å². The van der Waals surface area contributed by atoms with Gasteiger partial charge < -0.3 is 19.5 Å². The van der Waals surface area contributed by atoms with Crippen molar-refractivity contribution in [3.05, 3.63) is 30.2 Å². The third-order valence-corrected chi connectivity index (χ3v) is 4.14. The van der Waals surface area contributed by atoms with E-state index in [-0.39, 0.29) is 30.7 Å². The molecule has 1 saturated heterocycles. The molecular weight excluding hydrogens is 334 g/mol. The van der Waals surface area contributed by atoms with Crippen LogP contribution in [0.2, 0.25) is 0 Å². The molecule has 2 rings (SSSR count). The Morgan fingerprint density at radius 1 is 1.15 bits per heavy atom. The molecule has 0 unspecified atom stereocenters. The van der Waals surface area contributed by atoms with Gasteiger partial charge in [0.25, 0.3) is 0 Å². The molecule has 0 atom stereocenters. The van der Waals surface area contributed by atoms with Gasteiger partial charge in [0.05, 0.1) is 6.26 Å². The Labute approximate surface area is 154 Å².